The molecule has 0 unspecified atom stereocenters. The van der Waals surface area contributed by atoms with Crippen molar-refractivity contribution in [2.45, 2.75) is 11.3 Å². The van der Waals surface area contributed by atoms with Crippen LogP contribution in [-0.2, 0) is 16.4 Å². The predicted molar refractivity (Wildman–Crippen MR) is 73.8 cm³/mol. The number of hydrogen-bond acceptors (Lipinski definition) is 6. The maximum atomic E-state index is 11.6. The van der Waals surface area contributed by atoms with Gasteiger partial charge in [0.15, 0.2) is 0 Å². The van der Waals surface area contributed by atoms with Crippen LogP contribution >= 0.6 is 11.5 Å². The molecule has 2 aromatic rings. The molecule has 20 heavy (non-hydrogen) atoms. The predicted octanol–water partition coefficient (Wildman–Crippen LogP) is 0.158. The Hall–Kier alpha value is -1.84. The molecule has 0 spiro atoms. The van der Waals surface area contributed by atoms with E-state index in [2.05, 4.69) is 14.9 Å². The van der Waals surface area contributed by atoms with Crippen LogP contribution in [0.25, 0.3) is 0 Å². The minimum Gasteiger partial charge on any atom is -0.351 e. The van der Waals surface area contributed by atoms with Crippen molar-refractivity contribution in [3.8, 4) is 0 Å². The van der Waals surface area contributed by atoms with Crippen molar-refractivity contribution in [3.63, 3.8) is 0 Å². The number of carbonyl (C=O) groups is 1. The van der Waals surface area contributed by atoms with E-state index in [1.807, 2.05) is 0 Å². The molecule has 0 aliphatic carbocycles. The molecule has 0 saturated carbocycles. The van der Waals surface area contributed by atoms with Crippen LogP contribution in [0.3, 0.4) is 0 Å². The van der Waals surface area contributed by atoms with Crippen molar-refractivity contribution < 1.29 is 13.2 Å². The molecule has 0 aliphatic heterocycles. The Labute approximate surface area is 120 Å². The zero-order valence-corrected chi connectivity index (χ0v) is 11.9. The fourth-order valence-corrected chi connectivity index (χ4v) is 2.47. The van der Waals surface area contributed by atoms with Gasteiger partial charge in [-0.3, -0.25) is 4.79 Å². The van der Waals surface area contributed by atoms with E-state index in [4.69, 9.17) is 5.14 Å². The van der Waals surface area contributed by atoms with Gasteiger partial charge in [-0.15, -0.1) is 5.10 Å². The van der Waals surface area contributed by atoms with E-state index in [0.717, 1.165) is 17.1 Å². The second kappa shape index (κ2) is 6.07. The summed E-state index contributed by atoms with van der Waals surface area (Å²) in [6.45, 7) is 0.436. The second-order valence-corrected chi connectivity index (χ2v) is 6.32. The first-order valence-electron chi connectivity index (χ1n) is 5.64. The molecule has 1 aromatic heterocycles. The Balaban J connectivity index is 1.87. The van der Waals surface area contributed by atoms with Crippen molar-refractivity contribution in [2.24, 2.45) is 5.14 Å². The zero-order valence-electron chi connectivity index (χ0n) is 10.3. The molecular formula is C11H12N4O3S2. The van der Waals surface area contributed by atoms with Gasteiger partial charge in [0.1, 0.15) is 4.88 Å². The highest BCUT2D eigenvalue weighted by Crippen LogP contribution is 2.09. The summed E-state index contributed by atoms with van der Waals surface area (Å²) in [5.41, 5.74) is 0.903. The number of sulfonamides is 1. The molecule has 1 aromatic carbocycles. The van der Waals surface area contributed by atoms with E-state index < -0.39 is 10.0 Å². The number of benzene rings is 1. The first kappa shape index (κ1) is 14.6. The molecule has 2 rings (SSSR count). The Kier molecular flexibility index (Phi) is 4.42. The van der Waals surface area contributed by atoms with E-state index in [-0.39, 0.29) is 10.8 Å². The van der Waals surface area contributed by atoms with E-state index in [9.17, 15) is 13.2 Å². The molecule has 9 heteroatoms. The topological polar surface area (TPSA) is 115 Å². The first-order valence-corrected chi connectivity index (χ1v) is 7.96. The summed E-state index contributed by atoms with van der Waals surface area (Å²) in [4.78, 5) is 12.1. The van der Waals surface area contributed by atoms with E-state index in [1.54, 1.807) is 12.1 Å². The van der Waals surface area contributed by atoms with Crippen LogP contribution in [0.15, 0.2) is 35.4 Å². The lowest BCUT2D eigenvalue weighted by Crippen LogP contribution is -2.24. The number of rotatable bonds is 5. The number of nitrogens with zero attached hydrogens (tertiary/aromatic N) is 2. The molecular weight excluding hydrogens is 300 g/mol. The summed E-state index contributed by atoms with van der Waals surface area (Å²) in [6.07, 6.45) is 1.99. The zero-order chi connectivity index (χ0) is 14.6. The number of hydrogen-bond donors (Lipinski definition) is 2. The fourth-order valence-electron chi connectivity index (χ4n) is 1.52. The number of aromatic nitrogens is 2. The van der Waals surface area contributed by atoms with E-state index in [0.29, 0.717) is 17.8 Å². The van der Waals surface area contributed by atoms with Gasteiger partial charge in [0, 0.05) is 6.54 Å². The number of nitrogens with two attached hydrogens (primary N) is 1. The second-order valence-electron chi connectivity index (χ2n) is 3.98. The molecule has 106 valence electrons. The van der Waals surface area contributed by atoms with Crippen LogP contribution in [-0.4, -0.2) is 30.5 Å². The SMILES string of the molecule is NS(=O)(=O)c1ccc(CCNC(=O)c2cnns2)cc1. The summed E-state index contributed by atoms with van der Waals surface area (Å²) in [6, 6.07) is 6.22. The van der Waals surface area contributed by atoms with Crippen LogP contribution in [0, 0.1) is 0 Å². The highest BCUT2D eigenvalue weighted by atomic mass is 32.2. The largest absolute Gasteiger partial charge is 0.351 e. The maximum Gasteiger partial charge on any atom is 0.264 e. The van der Waals surface area contributed by atoms with E-state index >= 15 is 0 Å². The van der Waals surface area contributed by atoms with Gasteiger partial charge in [-0.1, -0.05) is 16.6 Å². The third-order valence-corrected chi connectivity index (χ3v) is 4.13. The third kappa shape index (κ3) is 3.83. The van der Waals surface area contributed by atoms with Crippen molar-refractivity contribution in [3.05, 3.63) is 40.9 Å². The van der Waals surface area contributed by atoms with Gasteiger partial charge in [-0.25, -0.2) is 13.6 Å². The molecule has 0 aliphatic rings. The molecule has 1 heterocycles. The van der Waals surface area contributed by atoms with Crippen LogP contribution in [0.2, 0.25) is 0 Å². The number of primary sulfonamides is 1. The average Bonchev–Trinajstić information content (AvgIpc) is 2.92. The summed E-state index contributed by atoms with van der Waals surface area (Å²) in [5, 5.41) is 11.3. The Morgan fingerprint density at radius 2 is 2.00 bits per heavy atom. The lowest BCUT2D eigenvalue weighted by molar-refractivity contribution is 0.0958. The number of carbonyl (C=O) groups excluding carboxylic acids is 1. The normalized spacial score (nSPS) is 11.2. The maximum absolute atomic E-state index is 11.6. The summed E-state index contributed by atoms with van der Waals surface area (Å²) < 4.78 is 25.8. The van der Waals surface area contributed by atoms with Crippen LogP contribution < -0.4 is 10.5 Å². The first-order chi connectivity index (χ1) is 9.47. The molecule has 0 atom stereocenters. The van der Waals surface area contributed by atoms with Crippen molar-refractivity contribution >= 4 is 27.5 Å². The Morgan fingerprint density at radius 1 is 1.30 bits per heavy atom. The van der Waals surface area contributed by atoms with Gasteiger partial charge < -0.3 is 5.32 Å². The Morgan fingerprint density at radius 3 is 2.55 bits per heavy atom. The lowest BCUT2D eigenvalue weighted by Gasteiger charge is -2.04. The van der Waals surface area contributed by atoms with Gasteiger partial charge in [0.2, 0.25) is 10.0 Å². The summed E-state index contributed by atoms with van der Waals surface area (Å²) in [5.74, 6) is -0.221. The minimum absolute atomic E-state index is 0.0704. The quantitative estimate of drug-likeness (QED) is 0.816. The number of amides is 1. The average molecular weight is 312 g/mol. The minimum atomic E-state index is -3.67. The molecule has 0 fully saturated rings. The molecule has 7 nitrogen and oxygen atoms in total. The highest BCUT2D eigenvalue weighted by molar-refractivity contribution is 7.89. The third-order valence-electron chi connectivity index (χ3n) is 2.54. The van der Waals surface area contributed by atoms with Crippen LogP contribution in [0.5, 0.6) is 0 Å². The van der Waals surface area contributed by atoms with Crippen LogP contribution in [0.4, 0.5) is 0 Å². The summed E-state index contributed by atoms with van der Waals surface area (Å²) >= 11 is 1.03. The van der Waals surface area contributed by atoms with Crippen LogP contribution in [0.1, 0.15) is 15.2 Å². The lowest BCUT2D eigenvalue weighted by atomic mass is 10.1. The molecule has 0 radical (unpaired) electrons. The molecule has 0 bridgehead atoms. The number of nitrogens with one attached hydrogen (secondary N) is 1. The highest BCUT2D eigenvalue weighted by Gasteiger charge is 2.08. The van der Waals surface area contributed by atoms with Gasteiger partial charge in [-0.2, -0.15) is 0 Å². The standard InChI is InChI=1S/C11H12N4O3S2/c12-20(17,18)9-3-1-8(2-4-9)5-6-13-11(16)10-7-14-15-19-10/h1-4,7H,5-6H2,(H,13,16)(H2,12,17,18). The van der Waals surface area contributed by atoms with Crippen molar-refractivity contribution in [2.75, 3.05) is 6.54 Å². The summed E-state index contributed by atoms with van der Waals surface area (Å²) in [7, 11) is -3.67. The van der Waals surface area contributed by atoms with Crippen molar-refractivity contribution in [1.82, 2.24) is 14.9 Å². The Bertz CT molecular complexity index is 681. The fraction of sp³-hybridized carbons (Fsp3) is 0.182. The molecule has 3 N–H and O–H groups in total. The van der Waals surface area contributed by atoms with Gasteiger partial charge >= 0.3 is 0 Å². The monoisotopic (exact) mass is 312 g/mol. The van der Waals surface area contributed by atoms with E-state index in [1.165, 1.54) is 18.3 Å². The molecule has 1 amide bonds. The smallest absolute Gasteiger partial charge is 0.264 e. The van der Waals surface area contributed by atoms with Gasteiger partial charge in [0.05, 0.1) is 11.1 Å². The molecule has 0 saturated heterocycles. The van der Waals surface area contributed by atoms with Gasteiger partial charge in [-0.05, 0) is 35.6 Å². The van der Waals surface area contributed by atoms with Crippen molar-refractivity contribution in [1.29, 1.82) is 0 Å². The van der Waals surface area contributed by atoms with Gasteiger partial charge in [0.25, 0.3) is 5.91 Å².